The topological polar surface area (TPSA) is 58.1 Å². The molecule has 1 atom stereocenters. The summed E-state index contributed by atoms with van der Waals surface area (Å²) in [6.45, 7) is 5.11. The van der Waals surface area contributed by atoms with E-state index >= 15 is 0 Å². The Hall–Kier alpha value is -1.84. The van der Waals surface area contributed by atoms with Crippen LogP contribution in [0.25, 0.3) is 0 Å². The number of halogens is 1. The molecule has 33 heavy (non-hydrogen) atoms. The second kappa shape index (κ2) is 13.8. The van der Waals surface area contributed by atoms with Gasteiger partial charge in [-0.25, -0.2) is 0 Å². The Labute approximate surface area is 215 Å². The van der Waals surface area contributed by atoms with Crippen LogP contribution < -0.4 is 15.5 Å². The molecule has 180 valence electrons. The number of benzene rings is 2. The number of hydrogen-bond acceptors (Lipinski definition) is 4. The van der Waals surface area contributed by atoms with Crippen LogP contribution in [0.1, 0.15) is 36.8 Å². The fourth-order valence-corrected chi connectivity index (χ4v) is 4.43. The normalized spacial score (nSPS) is 19.6. The molecule has 2 saturated heterocycles. The van der Waals surface area contributed by atoms with Crippen LogP contribution >= 0.6 is 24.0 Å². The summed E-state index contributed by atoms with van der Waals surface area (Å²) in [5, 5.41) is 7.10. The Morgan fingerprint density at radius 1 is 1.06 bits per heavy atom. The molecule has 7 heteroatoms. The molecule has 2 aromatic rings. The molecule has 2 N–H and O–H groups in total. The highest BCUT2D eigenvalue weighted by Gasteiger charge is 2.21. The molecule has 2 heterocycles. The third-order valence-electron chi connectivity index (χ3n) is 6.21. The van der Waals surface area contributed by atoms with Crippen molar-refractivity contribution >= 4 is 35.6 Å². The van der Waals surface area contributed by atoms with Crippen molar-refractivity contribution in [2.75, 3.05) is 38.3 Å². The maximum atomic E-state index is 6.08. The van der Waals surface area contributed by atoms with Gasteiger partial charge < -0.3 is 25.0 Å². The van der Waals surface area contributed by atoms with E-state index in [0.29, 0.717) is 18.8 Å². The molecular formula is C26H37IN4O2. The maximum Gasteiger partial charge on any atom is 0.191 e. The smallest absolute Gasteiger partial charge is 0.191 e. The summed E-state index contributed by atoms with van der Waals surface area (Å²) in [5.41, 5.74) is 3.74. The zero-order chi connectivity index (χ0) is 22.0. The van der Waals surface area contributed by atoms with Crippen molar-refractivity contribution in [1.82, 2.24) is 10.6 Å². The molecule has 0 aromatic heterocycles. The average molecular weight is 565 g/mol. The van der Waals surface area contributed by atoms with Crippen molar-refractivity contribution < 1.29 is 9.47 Å². The molecule has 2 aliphatic heterocycles. The maximum absolute atomic E-state index is 6.08. The Bertz CT molecular complexity index is 858. The van der Waals surface area contributed by atoms with Gasteiger partial charge in [0.25, 0.3) is 0 Å². The minimum atomic E-state index is 0. The fraction of sp³-hybridized carbons (Fsp3) is 0.500. The number of piperidine rings is 1. The minimum absolute atomic E-state index is 0. The van der Waals surface area contributed by atoms with Gasteiger partial charge in [-0.05, 0) is 48.9 Å². The van der Waals surface area contributed by atoms with Gasteiger partial charge in [-0.2, -0.15) is 0 Å². The van der Waals surface area contributed by atoms with Crippen LogP contribution in [0.5, 0.6) is 0 Å². The number of para-hydroxylation sites is 1. The van der Waals surface area contributed by atoms with Gasteiger partial charge in [0, 0.05) is 51.6 Å². The van der Waals surface area contributed by atoms with Crippen molar-refractivity contribution in [3.8, 4) is 0 Å². The molecule has 0 saturated carbocycles. The standard InChI is InChI=1S/C26H36N4O2.HI/c1-27-26(29-23-9-6-14-30(19-23)24-10-3-2-4-11-24)28-18-21-7-5-8-22(17-21)20-32-25-12-15-31-16-13-25;/h2-5,7-8,10-11,17,23,25H,6,9,12-16,18-20H2,1H3,(H2,27,28,29);1H. The van der Waals surface area contributed by atoms with E-state index in [1.807, 2.05) is 7.05 Å². The molecule has 1 unspecified atom stereocenters. The molecule has 6 nitrogen and oxygen atoms in total. The second-order valence-electron chi connectivity index (χ2n) is 8.63. The second-order valence-corrected chi connectivity index (χ2v) is 8.63. The van der Waals surface area contributed by atoms with Crippen LogP contribution in [0.2, 0.25) is 0 Å². The van der Waals surface area contributed by atoms with Crippen LogP contribution in [0.15, 0.2) is 59.6 Å². The molecule has 4 rings (SSSR count). The van der Waals surface area contributed by atoms with Crippen LogP contribution in [0.3, 0.4) is 0 Å². The van der Waals surface area contributed by atoms with Crippen LogP contribution in [-0.2, 0) is 22.6 Å². The lowest BCUT2D eigenvalue weighted by Gasteiger charge is -2.35. The highest BCUT2D eigenvalue weighted by molar-refractivity contribution is 14.0. The number of anilines is 1. The Balaban J connectivity index is 0.00000306. The number of hydrogen-bond donors (Lipinski definition) is 2. The molecule has 0 spiro atoms. The summed E-state index contributed by atoms with van der Waals surface area (Å²) >= 11 is 0. The number of aliphatic imine (C=N–C) groups is 1. The Kier molecular flexibility index (Phi) is 10.8. The summed E-state index contributed by atoms with van der Waals surface area (Å²) in [5.74, 6) is 0.855. The molecule has 2 fully saturated rings. The first kappa shape index (κ1) is 25.8. The van der Waals surface area contributed by atoms with E-state index in [2.05, 4.69) is 75.1 Å². The fourth-order valence-electron chi connectivity index (χ4n) is 4.43. The van der Waals surface area contributed by atoms with Gasteiger partial charge in [0.1, 0.15) is 0 Å². The molecule has 0 amide bonds. The number of nitrogens with one attached hydrogen (secondary N) is 2. The van der Waals surface area contributed by atoms with Crippen LogP contribution in [0.4, 0.5) is 5.69 Å². The monoisotopic (exact) mass is 564 g/mol. The van der Waals surface area contributed by atoms with E-state index in [9.17, 15) is 0 Å². The molecule has 2 aliphatic rings. The van der Waals surface area contributed by atoms with Crippen LogP contribution in [0, 0.1) is 0 Å². The zero-order valence-electron chi connectivity index (χ0n) is 19.5. The van der Waals surface area contributed by atoms with E-state index in [-0.39, 0.29) is 24.0 Å². The molecule has 2 aromatic carbocycles. The average Bonchev–Trinajstić information content (AvgIpc) is 2.87. The van der Waals surface area contributed by atoms with Gasteiger partial charge in [-0.15, -0.1) is 24.0 Å². The number of guanidine groups is 1. The van der Waals surface area contributed by atoms with Crippen molar-refractivity contribution in [3.63, 3.8) is 0 Å². The van der Waals surface area contributed by atoms with E-state index in [4.69, 9.17) is 9.47 Å². The number of ether oxygens (including phenoxy) is 2. The third kappa shape index (κ3) is 8.15. The quantitative estimate of drug-likeness (QED) is 0.298. The highest BCUT2D eigenvalue weighted by Crippen LogP contribution is 2.19. The first-order valence-electron chi connectivity index (χ1n) is 11.8. The summed E-state index contributed by atoms with van der Waals surface area (Å²) in [7, 11) is 1.84. The lowest BCUT2D eigenvalue weighted by atomic mass is 10.0. The van der Waals surface area contributed by atoms with Crippen molar-refractivity contribution in [1.29, 1.82) is 0 Å². The van der Waals surface area contributed by atoms with Crippen LogP contribution in [-0.4, -0.2) is 51.5 Å². The van der Waals surface area contributed by atoms with Crippen molar-refractivity contribution in [2.24, 2.45) is 4.99 Å². The van der Waals surface area contributed by atoms with Gasteiger partial charge in [0.05, 0.1) is 12.7 Å². The largest absolute Gasteiger partial charge is 0.381 e. The molecular weight excluding hydrogens is 527 g/mol. The Morgan fingerprint density at radius 3 is 2.64 bits per heavy atom. The SMILES string of the molecule is CN=C(NCc1cccc(COC2CCOCC2)c1)NC1CCCN(c2ccccc2)C1.I. The lowest BCUT2D eigenvalue weighted by molar-refractivity contribution is -0.0390. The number of nitrogens with zero attached hydrogens (tertiary/aromatic N) is 2. The summed E-state index contributed by atoms with van der Waals surface area (Å²) in [6, 6.07) is 19.7. The van der Waals surface area contributed by atoms with Gasteiger partial charge in [-0.1, -0.05) is 42.5 Å². The van der Waals surface area contributed by atoms with Gasteiger partial charge in [0.2, 0.25) is 0 Å². The summed E-state index contributed by atoms with van der Waals surface area (Å²) in [6.07, 6.45) is 4.64. The Morgan fingerprint density at radius 2 is 1.85 bits per heavy atom. The van der Waals surface area contributed by atoms with E-state index in [1.54, 1.807) is 0 Å². The number of rotatable bonds is 7. The van der Waals surface area contributed by atoms with E-state index in [1.165, 1.54) is 23.2 Å². The van der Waals surface area contributed by atoms with E-state index < -0.39 is 0 Å². The van der Waals surface area contributed by atoms with Crippen molar-refractivity contribution in [3.05, 3.63) is 65.7 Å². The predicted molar refractivity (Wildman–Crippen MR) is 145 cm³/mol. The summed E-state index contributed by atoms with van der Waals surface area (Å²) < 4.78 is 11.5. The van der Waals surface area contributed by atoms with Gasteiger partial charge >= 0.3 is 0 Å². The van der Waals surface area contributed by atoms with Gasteiger partial charge in [0.15, 0.2) is 5.96 Å². The predicted octanol–water partition coefficient (Wildman–Crippen LogP) is 4.33. The molecule has 0 aliphatic carbocycles. The van der Waals surface area contributed by atoms with Gasteiger partial charge in [-0.3, -0.25) is 4.99 Å². The van der Waals surface area contributed by atoms with Crippen molar-refractivity contribution in [2.45, 2.75) is 51.0 Å². The lowest BCUT2D eigenvalue weighted by Crippen LogP contribution is -2.51. The first-order valence-corrected chi connectivity index (χ1v) is 11.8. The third-order valence-corrected chi connectivity index (χ3v) is 6.21. The highest BCUT2D eigenvalue weighted by atomic mass is 127. The molecule has 0 bridgehead atoms. The minimum Gasteiger partial charge on any atom is -0.381 e. The summed E-state index contributed by atoms with van der Waals surface area (Å²) in [4.78, 5) is 6.91. The first-order chi connectivity index (χ1) is 15.8. The van der Waals surface area contributed by atoms with E-state index in [0.717, 1.165) is 58.1 Å². The molecule has 0 radical (unpaired) electrons. The zero-order valence-corrected chi connectivity index (χ0v) is 21.9.